The Balaban J connectivity index is 2.05. The number of hydrogen-bond donors (Lipinski definition) is 2. The fraction of sp³-hybridized carbons (Fsp3) is 0.250. The van der Waals surface area contributed by atoms with Crippen molar-refractivity contribution < 1.29 is 19.1 Å². The first-order chi connectivity index (χ1) is 13.4. The Kier molecular flexibility index (Phi) is 7.88. The van der Waals surface area contributed by atoms with Crippen LogP contribution in [-0.4, -0.2) is 49.4 Å². The first-order valence-electron chi connectivity index (χ1n) is 8.57. The van der Waals surface area contributed by atoms with Crippen LogP contribution >= 0.6 is 11.8 Å². The van der Waals surface area contributed by atoms with Gasteiger partial charge in [-0.25, -0.2) is 4.79 Å². The van der Waals surface area contributed by atoms with Gasteiger partial charge < -0.3 is 20.3 Å². The predicted octanol–water partition coefficient (Wildman–Crippen LogP) is 3.37. The topological polar surface area (TPSA) is 87.7 Å². The number of benzene rings is 2. The summed E-state index contributed by atoms with van der Waals surface area (Å²) < 4.78 is 4.62. The third kappa shape index (κ3) is 6.62. The second kappa shape index (κ2) is 10.4. The Morgan fingerprint density at radius 1 is 1.04 bits per heavy atom. The van der Waals surface area contributed by atoms with Crippen LogP contribution in [0.25, 0.3) is 0 Å². The molecule has 3 amide bonds. The molecule has 28 heavy (non-hydrogen) atoms. The Morgan fingerprint density at radius 3 is 2.25 bits per heavy atom. The molecule has 0 aliphatic rings. The van der Waals surface area contributed by atoms with E-state index in [0.29, 0.717) is 12.1 Å². The van der Waals surface area contributed by atoms with Crippen LogP contribution in [0.15, 0.2) is 59.5 Å². The lowest BCUT2D eigenvalue weighted by atomic mass is 10.1. The molecule has 0 saturated carbocycles. The zero-order valence-corrected chi connectivity index (χ0v) is 16.8. The summed E-state index contributed by atoms with van der Waals surface area (Å²) in [5.74, 6) is -0.362. The third-order valence-electron chi connectivity index (χ3n) is 3.77. The molecule has 0 saturated heterocycles. The van der Waals surface area contributed by atoms with Crippen molar-refractivity contribution in [3.8, 4) is 0 Å². The maximum absolute atomic E-state index is 12.7. The lowest BCUT2D eigenvalue weighted by Crippen LogP contribution is -2.45. The number of ether oxygens (including phenoxy) is 1. The van der Waals surface area contributed by atoms with Gasteiger partial charge in [-0.3, -0.25) is 9.59 Å². The van der Waals surface area contributed by atoms with Gasteiger partial charge >= 0.3 is 6.09 Å². The molecule has 0 aromatic heterocycles. The van der Waals surface area contributed by atoms with Gasteiger partial charge in [0.1, 0.15) is 6.04 Å². The quantitative estimate of drug-likeness (QED) is 0.725. The van der Waals surface area contributed by atoms with Crippen molar-refractivity contribution in [2.75, 3.05) is 26.5 Å². The maximum Gasteiger partial charge on any atom is 0.407 e. The Morgan fingerprint density at radius 2 is 1.68 bits per heavy atom. The first kappa shape index (κ1) is 21.3. The summed E-state index contributed by atoms with van der Waals surface area (Å²) in [5.41, 5.74) is 1.48. The Hall–Kier alpha value is -3.00. The second-order valence-corrected chi connectivity index (χ2v) is 7.18. The summed E-state index contributed by atoms with van der Waals surface area (Å²) in [5, 5.41) is 5.26. The second-order valence-electron chi connectivity index (χ2n) is 6.15. The van der Waals surface area contributed by atoms with Gasteiger partial charge in [0.2, 0.25) is 5.91 Å². The highest BCUT2D eigenvalue weighted by atomic mass is 32.2. The summed E-state index contributed by atoms with van der Waals surface area (Å²) in [6, 6.07) is 15.5. The van der Waals surface area contributed by atoms with Crippen molar-refractivity contribution in [3.63, 3.8) is 0 Å². The van der Waals surface area contributed by atoms with Crippen LogP contribution in [0.5, 0.6) is 0 Å². The molecular formula is C20H23N3O4S. The molecule has 0 radical (unpaired) electrons. The number of alkyl carbamates (subject to hydrolysis) is 1. The molecule has 7 nitrogen and oxygen atoms in total. The van der Waals surface area contributed by atoms with Crippen LogP contribution in [-0.2, 0) is 16.0 Å². The van der Waals surface area contributed by atoms with Crippen molar-refractivity contribution in [1.82, 2.24) is 10.2 Å². The van der Waals surface area contributed by atoms with E-state index >= 15 is 0 Å². The number of rotatable bonds is 6. The van der Waals surface area contributed by atoms with Gasteiger partial charge in [0.05, 0.1) is 7.11 Å². The SMILES string of the molecule is COC(=O)NC(Cc1ccccc1)C(=O)Nc1ccc(SC(=O)N(C)C)cc1. The molecule has 2 aromatic carbocycles. The zero-order valence-electron chi connectivity index (χ0n) is 16.0. The molecule has 1 atom stereocenters. The highest BCUT2D eigenvalue weighted by Crippen LogP contribution is 2.22. The molecule has 2 aromatic rings. The van der Waals surface area contributed by atoms with Crippen molar-refractivity contribution in [2.24, 2.45) is 0 Å². The van der Waals surface area contributed by atoms with E-state index in [4.69, 9.17) is 0 Å². The summed E-state index contributed by atoms with van der Waals surface area (Å²) >= 11 is 1.10. The Labute approximate surface area is 168 Å². The van der Waals surface area contributed by atoms with E-state index in [1.807, 2.05) is 30.3 Å². The standard InChI is InChI=1S/C20H23N3O4S/c1-23(2)20(26)28-16-11-9-15(10-12-16)21-18(24)17(22-19(25)27-3)13-14-7-5-4-6-8-14/h4-12,17H,13H2,1-3H3,(H,21,24)(H,22,25). The summed E-state index contributed by atoms with van der Waals surface area (Å²) in [7, 11) is 4.62. The molecule has 2 rings (SSSR count). The van der Waals surface area contributed by atoms with Crippen LogP contribution in [0, 0.1) is 0 Å². The molecule has 0 aliphatic heterocycles. The fourth-order valence-electron chi connectivity index (χ4n) is 2.29. The molecule has 1 unspecified atom stereocenters. The maximum atomic E-state index is 12.7. The molecule has 0 fully saturated rings. The lowest BCUT2D eigenvalue weighted by molar-refractivity contribution is -0.118. The number of hydrogen-bond acceptors (Lipinski definition) is 5. The molecule has 0 heterocycles. The van der Waals surface area contributed by atoms with Crippen molar-refractivity contribution in [3.05, 3.63) is 60.2 Å². The normalized spacial score (nSPS) is 11.2. The highest BCUT2D eigenvalue weighted by molar-refractivity contribution is 8.13. The minimum atomic E-state index is -0.792. The monoisotopic (exact) mass is 401 g/mol. The Bertz CT molecular complexity index is 810. The van der Waals surface area contributed by atoms with Gasteiger partial charge in [0.25, 0.3) is 5.24 Å². The van der Waals surface area contributed by atoms with Gasteiger partial charge in [-0.2, -0.15) is 0 Å². The van der Waals surface area contributed by atoms with E-state index in [1.54, 1.807) is 38.4 Å². The average Bonchev–Trinajstić information content (AvgIpc) is 2.69. The van der Waals surface area contributed by atoms with Crippen molar-refractivity contribution in [1.29, 1.82) is 0 Å². The lowest BCUT2D eigenvalue weighted by Gasteiger charge is -2.18. The minimum absolute atomic E-state index is 0.0815. The fourth-order valence-corrected chi connectivity index (χ4v) is 2.94. The van der Waals surface area contributed by atoms with E-state index in [0.717, 1.165) is 22.2 Å². The molecule has 0 aliphatic carbocycles. The van der Waals surface area contributed by atoms with E-state index in [9.17, 15) is 14.4 Å². The smallest absolute Gasteiger partial charge is 0.407 e. The molecule has 0 spiro atoms. The molecule has 8 heteroatoms. The first-order valence-corrected chi connectivity index (χ1v) is 9.39. The van der Waals surface area contributed by atoms with Gasteiger partial charge in [-0.1, -0.05) is 30.3 Å². The number of amides is 3. The third-order valence-corrected chi connectivity index (χ3v) is 4.82. The number of carbonyl (C=O) groups is 3. The number of anilines is 1. The van der Waals surface area contributed by atoms with Crippen LogP contribution in [0.4, 0.5) is 15.3 Å². The molecular weight excluding hydrogens is 378 g/mol. The van der Waals surface area contributed by atoms with Crippen LogP contribution < -0.4 is 10.6 Å². The summed E-state index contributed by atoms with van der Waals surface area (Å²) in [6.07, 6.45) is -0.349. The zero-order chi connectivity index (χ0) is 20.5. The van der Waals surface area contributed by atoms with E-state index in [1.165, 1.54) is 12.0 Å². The van der Waals surface area contributed by atoms with Crippen LogP contribution in [0.1, 0.15) is 5.56 Å². The van der Waals surface area contributed by atoms with Gasteiger partial charge in [0, 0.05) is 31.1 Å². The average molecular weight is 401 g/mol. The molecule has 2 N–H and O–H groups in total. The molecule has 148 valence electrons. The number of methoxy groups -OCH3 is 1. The van der Waals surface area contributed by atoms with Gasteiger partial charge in [-0.15, -0.1) is 0 Å². The summed E-state index contributed by atoms with van der Waals surface area (Å²) in [6.45, 7) is 0. The summed E-state index contributed by atoms with van der Waals surface area (Å²) in [4.78, 5) is 38.3. The molecule has 0 bridgehead atoms. The highest BCUT2D eigenvalue weighted by Gasteiger charge is 2.22. The van der Waals surface area contributed by atoms with E-state index in [2.05, 4.69) is 15.4 Å². The number of thioether (sulfide) groups is 1. The van der Waals surface area contributed by atoms with E-state index in [-0.39, 0.29) is 11.1 Å². The van der Waals surface area contributed by atoms with Crippen molar-refractivity contribution in [2.45, 2.75) is 17.4 Å². The largest absolute Gasteiger partial charge is 0.453 e. The van der Waals surface area contributed by atoms with Crippen LogP contribution in [0.3, 0.4) is 0 Å². The number of nitrogens with one attached hydrogen (secondary N) is 2. The number of carbonyl (C=O) groups excluding carboxylic acids is 3. The number of nitrogens with zero attached hydrogens (tertiary/aromatic N) is 1. The van der Waals surface area contributed by atoms with Crippen LogP contribution in [0.2, 0.25) is 0 Å². The predicted molar refractivity (Wildman–Crippen MR) is 109 cm³/mol. The van der Waals surface area contributed by atoms with Gasteiger partial charge in [-0.05, 0) is 41.6 Å². The van der Waals surface area contributed by atoms with Gasteiger partial charge in [0.15, 0.2) is 0 Å². The van der Waals surface area contributed by atoms with Crippen molar-refractivity contribution >= 4 is 34.7 Å². The van der Waals surface area contributed by atoms with E-state index < -0.39 is 12.1 Å². The minimum Gasteiger partial charge on any atom is -0.453 e.